The molecule has 1 aliphatic carbocycles. The summed E-state index contributed by atoms with van der Waals surface area (Å²) in [4.78, 5) is 12.3. The van der Waals surface area contributed by atoms with E-state index in [1.54, 1.807) is 0 Å². The highest BCUT2D eigenvalue weighted by Crippen LogP contribution is 2.28. The molecule has 0 aromatic heterocycles. The Kier molecular flexibility index (Phi) is 5.62. The normalized spacial score (nSPS) is 15.8. The highest BCUT2D eigenvalue weighted by atomic mass is 16.1. The third-order valence-electron chi connectivity index (χ3n) is 4.28. The third-order valence-corrected chi connectivity index (χ3v) is 4.28. The molecular weight excluding hydrogens is 232 g/mol. The predicted molar refractivity (Wildman–Crippen MR) is 80.6 cm³/mol. The number of rotatable bonds is 7. The van der Waals surface area contributed by atoms with Gasteiger partial charge in [-0.25, -0.2) is 0 Å². The third kappa shape index (κ3) is 4.19. The molecule has 0 unspecified atom stereocenters. The van der Waals surface area contributed by atoms with Crippen LogP contribution in [-0.2, 0) is 6.42 Å². The largest absolute Gasteiger partial charge is 0.294 e. The second-order valence-corrected chi connectivity index (χ2v) is 5.85. The molecule has 0 atom stereocenters. The Labute approximate surface area is 117 Å². The molecule has 1 fully saturated rings. The Morgan fingerprint density at radius 3 is 2.37 bits per heavy atom. The molecule has 19 heavy (non-hydrogen) atoms. The second-order valence-electron chi connectivity index (χ2n) is 5.85. The Hall–Kier alpha value is -1.11. The van der Waals surface area contributed by atoms with Gasteiger partial charge in [0, 0.05) is 11.5 Å². The number of hydrogen-bond acceptors (Lipinski definition) is 1. The van der Waals surface area contributed by atoms with Crippen molar-refractivity contribution in [3.05, 3.63) is 35.4 Å². The number of aryl methyl sites for hydroxylation is 1. The number of ketones is 1. The van der Waals surface area contributed by atoms with E-state index in [0.717, 1.165) is 24.8 Å². The minimum absolute atomic E-state index is 0.301. The highest BCUT2D eigenvalue weighted by molar-refractivity contribution is 5.98. The van der Waals surface area contributed by atoms with Crippen LogP contribution in [0.15, 0.2) is 24.3 Å². The van der Waals surface area contributed by atoms with Gasteiger partial charge in [0.1, 0.15) is 0 Å². The number of Topliss-reactive ketones (excluding diaryl/α,β-unsaturated/α-hetero) is 1. The van der Waals surface area contributed by atoms with Crippen LogP contribution in [0.3, 0.4) is 0 Å². The maximum Gasteiger partial charge on any atom is 0.165 e. The molecule has 1 aromatic carbocycles. The molecule has 0 N–H and O–H groups in total. The smallest absolute Gasteiger partial charge is 0.165 e. The van der Waals surface area contributed by atoms with Gasteiger partial charge in [0.15, 0.2) is 5.78 Å². The van der Waals surface area contributed by atoms with Crippen LogP contribution in [0.4, 0.5) is 0 Å². The standard InChI is InChI=1S/C18H26O/c1-2-3-4-5-8-15-11-13-17(14-12-15)18(19)16-9-6-7-10-16/h11-14,16H,2-10H2,1H3. The Balaban J connectivity index is 1.85. The topological polar surface area (TPSA) is 17.1 Å². The lowest BCUT2D eigenvalue weighted by Gasteiger charge is -2.08. The zero-order valence-corrected chi connectivity index (χ0v) is 12.2. The molecule has 1 aromatic rings. The van der Waals surface area contributed by atoms with E-state index in [1.165, 1.54) is 44.1 Å². The van der Waals surface area contributed by atoms with E-state index in [-0.39, 0.29) is 0 Å². The fourth-order valence-corrected chi connectivity index (χ4v) is 3.02. The first-order chi connectivity index (χ1) is 9.31. The van der Waals surface area contributed by atoms with Crippen LogP contribution in [0, 0.1) is 5.92 Å². The number of carbonyl (C=O) groups excluding carboxylic acids is 1. The van der Waals surface area contributed by atoms with E-state index in [9.17, 15) is 4.79 Å². The van der Waals surface area contributed by atoms with Crippen molar-refractivity contribution in [2.75, 3.05) is 0 Å². The van der Waals surface area contributed by atoms with Crippen LogP contribution in [-0.4, -0.2) is 5.78 Å². The molecule has 0 heterocycles. The molecule has 1 saturated carbocycles. The molecule has 1 nitrogen and oxygen atoms in total. The first-order valence-electron chi connectivity index (χ1n) is 7.94. The average molecular weight is 258 g/mol. The van der Waals surface area contributed by atoms with Crippen LogP contribution >= 0.6 is 0 Å². The SMILES string of the molecule is CCCCCCc1ccc(C(=O)C2CCCC2)cc1. The van der Waals surface area contributed by atoms with Crippen LogP contribution in [0.2, 0.25) is 0 Å². The quantitative estimate of drug-likeness (QED) is 0.486. The van der Waals surface area contributed by atoms with Gasteiger partial charge in [0.2, 0.25) is 0 Å². The minimum atomic E-state index is 0.301. The summed E-state index contributed by atoms with van der Waals surface area (Å²) < 4.78 is 0. The van der Waals surface area contributed by atoms with Crippen LogP contribution < -0.4 is 0 Å². The van der Waals surface area contributed by atoms with E-state index in [2.05, 4.69) is 19.1 Å². The number of benzene rings is 1. The van der Waals surface area contributed by atoms with Crippen molar-refractivity contribution in [2.45, 2.75) is 64.7 Å². The number of hydrogen-bond donors (Lipinski definition) is 0. The van der Waals surface area contributed by atoms with E-state index in [1.807, 2.05) is 12.1 Å². The van der Waals surface area contributed by atoms with Gasteiger partial charge in [-0.15, -0.1) is 0 Å². The van der Waals surface area contributed by atoms with E-state index in [0.29, 0.717) is 11.7 Å². The maximum atomic E-state index is 12.3. The highest BCUT2D eigenvalue weighted by Gasteiger charge is 2.23. The van der Waals surface area contributed by atoms with Crippen LogP contribution in [0.5, 0.6) is 0 Å². The zero-order valence-electron chi connectivity index (χ0n) is 12.2. The zero-order chi connectivity index (χ0) is 13.5. The summed E-state index contributed by atoms with van der Waals surface area (Å²) >= 11 is 0. The van der Waals surface area contributed by atoms with Gasteiger partial charge >= 0.3 is 0 Å². The monoisotopic (exact) mass is 258 g/mol. The summed E-state index contributed by atoms with van der Waals surface area (Å²) in [6.45, 7) is 2.24. The van der Waals surface area contributed by atoms with Crippen molar-refractivity contribution in [1.29, 1.82) is 0 Å². The number of unbranched alkanes of at least 4 members (excludes halogenated alkanes) is 3. The van der Waals surface area contributed by atoms with Gasteiger partial charge in [-0.05, 0) is 31.2 Å². The molecule has 0 radical (unpaired) electrons. The van der Waals surface area contributed by atoms with Gasteiger partial charge in [-0.1, -0.05) is 63.3 Å². The van der Waals surface area contributed by atoms with Crippen molar-refractivity contribution in [1.82, 2.24) is 0 Å². The fourth-order valence-electron chi connectivity index (χ4n) is 3.02. The molecule has 0 bridgehead atoms. The molecule has 1 heteroatoms. The molecular formula is C18H26O. The summed E-state index contributed by atoms with van der Waals surface area (Å²) in [6.07, 6.45) is 11.0. The van der Waals surface area contributed by atoms with Gasteiger partial charge in [0.05, 0.1) is 0 Å². The minimum Gasteiger partial charge on any atom is -0.294 e. The number of carbonyl (C=O) groups is 1. The molecule has 0 aliphatic heterocycles. The summed E-state index contributed by atoms with van der Waals surface area (Å²) in [6, 6.07) is 8.37. The van der Waals surface area contributed by atoms with Crippen molar-refractivity contribution in [2.24, 2.45) is 5.92 Å². The Bertz CT molecular complexity index is 385. The van der Waals surface area contributed by atoms with E-state index >= 15 is 0 Å². The van der Waals surface area contributed by atoms with Gasteiger partial charge in [-0.2, -0.15) is 0 Å². The fraction of sp³-hybridized carbons (Fsp3) is 0.611. The van der Waals surface area contributed by atoms with Crippen molar-refractivity contribution in [3.63, 3.8) is 0 Å². The van der Waals surface area contributed by atoms with Crippen molar-refractivity contribution >= 4 is 5.78 Å². The van der Waals surface area contributed by atoms with Crippen LogP contribution in [0.1, 0.15) is 74.2 Å². The second kappa shape index (κ2) is 7.47. The van der Waals surface area contributed by atoms with Crippen molar-refractivity contribution in [3.8, 4) is 0 Å². The molecule has 104 valence electrons. The van der Waals surface area contributed by atoms with Crippen molar-refractivity contribution < 1.29 is 4.79 Å². The van der Waals surface area contributed by atoms with Gasteiger partial charge < -0.3 is 0 Å². The first-order valence-corrected chi connectivity index (χ1v) is 7.94. The Morgan fingerprint density at radius 1 is 1.05 bits per heavy atom. The molecule has 0 spiro atoms. The molecule has 2 rings (SSSR count). The molecule has 0 saturated heterocycles. The summed E-state index contributed by atoms with van der Waals surface area (Å²) in [5, 5.41) is 0. The van der Waals surface area contributed by atoms with E-state index < -0.39 is 0 Å². The maximum absolute atomic E-state index is 12.3. The van der Waals surface area contributed by atoms with E-state index in [4.69, 9.17) is 0 Å². The Morgan fingerprint density at radius 2 is 1.74 bits per heavy atom. The summed E-state index contributed by atoms with van der Waals surface area (Å²) in [5.41, 5.74) is 2.29. The lowest BCUT2D eigenvalue weighted by atomic mass is 9.95. The summed E-state index contributed by atoms with van der Waals surface area (Å²) in [5.74, 6) is 0.672. The van der Waals surface area contributed by atoms with Gasteiger partial charge in [-0.3, -0.25) is 4.79 Å². The lowest BCUT2D eigenvalue weighted by Crippen LogP contribution is -2.10. The first kappa shape index (κ1) is 14.3. The lowest BCUT2D eigenvalue weighted by molar-refractivity contribution is 0.0923. The van der Waals surface area contributed by atoms with Crippen LogP contribution in [0.25, 0.3) is 0 Å². The molecule has 1 aliphatic rings. The summed E-state index contributed by atoms with van der Waals surface area (Å²) in [7, 11) is 0. The molecule has 0 amide bonds. The predicted octanol–water partition coefficient (Wildman–Crippen LogP) is 5.18. The van der Waals surface area contributed by atoms with Gasteiger partial charge in [0.25, 0.3) is 0 Å². The average Bonchev–Trinajstić information content (AvgIpc) is 2.98.